The first-order valence-corrected chi connectivity index (χ1v) is 11.3. The number of likely N-dealkylation sites (tertiary alicyclic amines) is 1. The van der Waals surface area contributed by atoms with Crippen LogP contribution in [0, 0.1) is 6.92 Å². The van der Waals surface area contributed by atoms with Crippen LogP contribution in [0.15, 0.2) is 72.8 Å². The zero-order chi connectivity index (χ0) is 22.3. The van der Waals surface area contributed by atoms with Crippen LogP contribution in [-0.4, -0.2) is 42.2 Å². The molecule has 5 nitrogen and oxygen atoms in total. The van der Waals surface area contributed by atoms with Gasteiger partial charge in [-0.1, -0.05) is 24.1 Å². The predicted octanol–water partition coefficient (Wildman–Crippen LogP) is 5.54. The number of benzene rings is 3. The molecule has 3 aromatic rings. The van der Waals surface area contributed by atoms with Crippen LogP contribution < -0.4 is 9.64 Å². The lowest BCUT2D eigenvalue weighted by Crippen LogP contribution is -2.33. The fraction of sp³-hybridized carbons (Fsp3) is 0.296. The Kier molecular flexibility index (Phi) is 7.07. The lowest BCUT2D eigenvalue weighted by Gasteiger charge is -2.26. The molecular formula is C27H30N2O3. The van der Waals surface area contributed by atoms with E-state index in [4.69, 9.17) is 4.74 Å². The number of phenols is 1. The standard InChI is InChI=1S/C27H30N2O3/c1-21-5-7-22(8-6-21)27(31)29(23-9-13-25(30)14-10-23)24-11-15-26(16-12-24)32-20-19-28-17-3-2-4-18-28/h5-16,30H,2-4,17-20H2,1H3. The van der Waals surface area contributed by atoms with E-state index in [1.54, 1.807) is 29.2 Å². The molecule has 0 unspecified atom stereocenters. The maximum atomic E-state index is 13.4. The van der Waals surface area contributed by atoms with Crippen molar-refractivity contribution in [1.82, 2.24) is 4.90 Å². The smallest absolute Gasteiger partial charge is 0.262 e. The van der Waals surface area contributed by atoms with E-state index in [0.29, 0.717) is 17.9 Å². The van der Waals surface area contributed by atoms with Crippen molar-refractivity contribution in [3.05, 3.63) is 83.9 Å². The molecule has 5 heteroatoms. The number of carbonyl (C=O) groups excluding carboxylic acids is 1. The Balaban J connectivity index is 1.50. The number of hydrogen-bond donors (Lipinski definition) is 1. The molecule has 32 heavy (non-hydrogen) atoms. The highest BCUT2D eigenvalue weighted by atomic mass is 16.5. The van der Waals surface area contributed by atoms with Crippen molar-refractivity contribution in [3.63, 3.8) is 0 Å². The highest BCUT2D eigenvalue weighted by Crippen LogP contribution is 2.30. The largest absolute Gasteiger partial charge is 0.508 e. The molecule has 0 bridgehead atoms. The monoisotopic (exact) mass is 430 g/mol. The van der Waals surface area contributed by atoms with Gasteiger partial charge in [-0.25, -0.2) is 0 Å². The van der Waals surface area contributed by atoms with Gasteiger partial charge in [-0.05, 0) is 93.5 Å². The van der Waals surface area contributed by atoms with E-state index in [1.165, 1.54) is 19.3 Å². The fourth-order valence-electron chi connectivity index (χ4n) is 3.98. The van der Waals surface area contributed by atoms with Gasteiger partial charge in [0.15, 0.2) is 0 Å². The van der Waals surface area contributed by atoms with Crippen molar-refractivity contribution < 1.29 is 14.6 Å². The van der Waals surface area contributed by atoms with Gasteiger partial charge >= 0.3 is 0 Å². The summed E-state index contributed by atoms with van der Waals surface area (Å²) in [5.41, 5.74) is 3.13. The van der Waals surface area contributed by atoms with Gasteiger partial charge in [0.1, 0.15) is 18.1 Å². The molecule has 0 saturated carbocycles. The summed E-state index contributed by atoms with van der Waals surface area (Å²) in [6.45, 7) is 5.91. The second kappa shape index (κ2) is 10.3. The third-order valence-corrected chi connectivity index (χ3v) is 5.83. The molecule has 1 heterocycles. The van der Waals surface area contributed by atoms with Gasteiger partial charge in [0.25, 0.3) is 5.91 Å². The minimum Gasteiger partial charge on any atom is -0.508 e. The zero-order valence-corrected chi connectivity index (χ0v) is 18.5. The lowest BCUT2D eigenvalue weighted by molar-refractivity contribution is 0.0999. The number of carbonyl (C=O) groups is 1. The molecule has 0 aliphatic carbocycles. The zero-order valence-electron chi connectivity index (χ0n) is 18.5. The molecule has 1 amide bonds. The molecule has 4 rings (SSSR count). The second-order valence-corrected chi connectivity index (χ2v) is 8.27. The number of anilines is 2. The molecule has 0 atom stereocenters. The first-order valence-electron chi connectivity index (χ1n) is 11.3. The van der Waals surface area contributed by atoms with Gasteiger partial charge < -0.3 is 9.84 Å². The van der Waals surface area contributed by atoms with Gasteiger partial charge in [0.05, 0.1) is 0 Å². The summed E-state index contributed by atoms with van der Waals surface area (Å²) < 4.78 is 5.95. The normalized spacial score (nSPS) is 14.2. The van der Waals surface area contributed by atoms with E-state index in [-0.39, 0.29) is 11.7 Å². The maximum absolute atomic E-state index is 13.4. The van der Waals surface area contributed by atoms with Crippen LogP contribution in [0.25, 0.3) is 0 Å². The van der Waals surface area contributed by atoms with Crippen molar-refractivity contribution in [1.29, 1.82) is 0 Å². The van der Waals surface area contributed by atoms with Gasteiger partial charge in [-0.15, -0.1) is 0 Å². The summed E-state index contributed by atoms with van der Waals surface area (Å²) in [6, 6.07) is 21.8. The molecule has 1 N–H and O–H groups in total. The highest BCUT2D eigenvalue weighted by molar-refractivity contribution is 6.10. The quantitative estimate of drug-likeness (QED) is 0.534. The number of phenolic OH excluding ortho intramolecular Hbond substituents is 1. The molecule has 1 aliphatic rings. The average Bonchev–Trinajstić information content (AvgIpc) is 2.82. The molecular weight excluding hydrogens is 400 g/mol. The van der Waals surface area contributed by atoms with Crippen molar-refractivity contribution in [2.75, 3.05) is 31.1 Å². The number of aryl methyl sites for hydroxylation is 1. The number of rotatable bonds is 7. The Labute approximate surface area is 189 Å². The maximum Gasteiger partial charge on any atom is 0.262 e. The van der Waals surface area contributed by atoms with E-state index < -0.39 is 0 Å². The molecule has 0 radical (unpaired) electrons. The van der Waals surface area contributed by atoms with Crippen LogP contribution in [0.4, 0.5) is 11.4 Å². The van der Waals surface area contributed by atoms with Crippen LogP contribution in [0.5, 0.6) is 11.5 Å². The Bertz CT molecular complexity index is 1010. The first-order chi connectivity index (χ1) is 15.6. The molecule has 0 spiro atoms. The number of aromatic hydroxyl groups is 1. The molecule has 166 valence electrons. The molecule has 0 aromatic heterocycles. The van der Waals surface area contributed by atoms with Gasteiger partial charge in [-0.2, -0.15) is 0 Å². The second-order valence-electron chi connectivity index (χ2n) is 8.27. The van der Waals surface area contributed by atoms with Crippen LogP contribution in [0.2, 0.25) is 0 Å². The van der Waals surface area contributed by atoms with Gasteiger partial charge in [0.2, 0.25) is 0 Å². The van der Waals surface area contributed by atoms with E-state index in [1.807, 2.05) is 55.5 Å². The fourth-order valence-corrected chi connectivity index (χ4v) is 3.98. The molecule has 1 saturated heterocycles. The molecule has 1 fully saturated rings. The van der Waals surface area contributed by atoms with Crippen molar-refractivity contribution in [2.45, 2.75) is 26.2 Å². The Morgan fingerprint density at radius 1 is 0.875 bits per heavy atom. The number of amides is 1. The Hall–Kier alpha value is -3.31. The van der Waals surface area contributed by atoms with E-state index in [0.717, 1.165) is 36.6 Å². The van der Waals surface area contributed by atoms with E-state index in [9.17, 15) is 9.90 Å². The van der Waals surface area contributed by atoms with Crippen LogP contribution in [0.1, 0.15) is 35.2 Å². The van der Waals surface area contributed by atoms with Crippen LogP contribution in [-0.2, 0) is 0 Å². The summed E-state index contributed by atoms with van der Waals surface area (Å²) in [7, 11) is 0. The number of hydrogen-bond acceptors (Lipinski definition) is 4. The number of nitrogens with zero attached hydrogens (tertiary/aromatic N) is 2. The SMILES string of the molecule is Cc1ccc(C(=O)N(c2ccc(O)cc2)c2ccc(OCCN3CCCCC3)cc2)cc1. The van der Waals surface area contributed by atoms with Crippen LogP contribution >= 0.6 is 0 Å². The molecule has 1 aliphatic heterocycles. The van der Waals surface area contributed by atoms with Crippen LogP contribution in [0.3, 0.4) is 0 Å². The lowest BCUT2D eigenvalue weighted by atomic mass is 10.1. The van der Waals surface area contributed by atoms with E-state index in [2.05, 4.69) is 4.90 Å². The summed E-state index contributed by atoms with van der Waals surface area (Å²) >= 11 is 0. The summed E-state index contributed by atoms with van der Waals surface area (Å²) in [6.07, 6.45) is 3.88. The van der Waals surface area contributed by atoms with Crippen molar-refractivity contribution in [3.8, 4) is 11.5 Å². The number of piperidine rings is 1. The predicted molar refractivity (Wildman–Crippen MR) is 128 cm³/mol. The number of ether oxygens (including phenoxy) is 1. The average molecular weight is 431 g/mol. The molecule has 3 aromatic carbocycles. The van der Waals surface area contributed by atoms with Gasteiger partial charge in [0, 0.05) is 23.5 Å². The van der Waals surface area contributed by atoms with Crippen molar-refractivity contribution in [2.24, 2.45) is 0 Å². The van der Waals surface area contributed by atoms with Crippen molar-refractivity contribution >= 4 is 17.3 Å². The van der Waals surface area contributed by atoms with E-state index >= 15 is 0 Å². The Morgan fingerprint density at radius 2 is 1.47 bits per heavy atom. The Morgan fingerprint density at radius 3 is 2.09 bits per heavy atom. The summed E-state index contributed by atoms with van der Waals surface area (Å²) in [4.78, 5) is 17.5. The minimum absolute atomic E-state index is 0.130. The summed E-state index contributed by atoms with van der Waals surface area (Å²) in [5, 5.41) is 9.68. The van der Waals surface area contributed by atoms with Gasteiger partial charge in [-0.3, -0.25) is 14.6 Å². The topological polar surface area (TPSA) is 53.0 Å². The first kappa shape index (κ1) is 21.9. The summed E-state index contributed by atoms with van der Waals surface area (Å²) in [5.74, 6) is 0.822. The third kappa shape index (κ3) is 5.48. The third-order valence-electron chi connectivity index (χ3n) is 5.83. The minimum atomic E-state index is -0.130. The highest BCUT2D eigenvalue weighted by Gasteiger charge is 2.20.